The topological polar surface area (TPSA) is 55.6 Å². The monoisotopic (exact) mass is 318 g/mol. The van der Waals surface area contributed by atoms with Crippen molar-refractivity contribution in [2.24, 2.45) is 17.6 Å². The Kier molecular flexibility index (Phi) is 5.69. The molecule has 1 aromatic carbocycles. The summed E-state index contributed by atoms with van der Waals surface area (Å²) in [6, 6.07) is 7.92. The molecule has 0 spiro atoms. The van der Waals surface area contributed by atoms with Gasteiger partial charge in [-0.2, -0.15) is 0 Å². The van der Waals surface area contributed by atoms with Crippen LogP contribution in [0.25, 0.3) is 0 Å². The van der Waals surface area contributed by atoms with E-state index in [4.69, 9.17) is 10.5 Å². The average Bonchev–Trinajstić information content (AvgIpc) is 3.01. The fraction of sp³-hybridized carbons (Fsp3) is 0.632. The molecule has 1 fully saturated rings. The Labute approximate surface area is 140 Å². The Hall–Kier alpha value is -1.55. The van der Waals surface area contributed by atoms with E-state index >= 15 is 0 Å². The minimum atomic E-state index is -0.528. The van der Waals surface area contributed by atoms with Gasteiger partial charge >= 0.3 is 0 Å². The van der Waals surface area contributed by atoms with Crippen LogP contribution in [-0.2, 0) is 10.2 Å². The summed E-state index contributed by atoms with van der Waals surface area (Å²) in [4.78, 5) is 14.8. The highest BCUT2D eigenvalue weighted by atomic mass is 16.5. The van der Waals surface area contributed by atoms with Crippen LogP contribution in [0.3, 0.4) is 0 Å². The lowest BCUT2D eigenvalue weighted by molar-refractivity contribution is -0.135. The number of ether oxygens (including phenoxy) is 1. The maximum absolute atomic E-state index is 12.9. The van der Waals surface area contributed by atoms with Gasteiger partial charge in [0, 0.05) is 13.1 Å². The van der Waals surface area contributed by atoms with Gasteiger partial charge in [0.05, 0.1) is 12.0 Å². The highest BCUT2D eigenvalue weighted by Crippen LogP contribution is 2.30. The van der Waals surface area contributed by atoms with Crippen molar-refractivity contribution in [1.82, 2.24) is 4.90 Å². The zero-order valence-corrected chi connectivity index (χ0v) is 14.8. The van der Waals surface area contributed by atoms with Crippen molar-refractivity contribution in [1.29, 1.82) is 0 Å². The van der Waals surface area contributed by atoms with E-state index in [9.17, 15) is 4.79 Å². The SMILES string of the molecule is CC(C)COc1ccc(C(C)(C)C(=O)N2CCC(CN)C2)cc1. The van der Waals surface area contributed by atoms with E-state index in [1.807, 2.05) is 43.0 Å². The van der Waals surface area contributed by atoms with Gasteiger partial charge in [-0.15, -0.1) is 0 Å². The highest BCUT2D eigenvalue weighted by molar-refractivity contribution is 5.87. The van der Waals surface area contributed by atoms with Gasteiger partial charge in [0.15, 0.2) is 0 Å². The van der Waals surface area contributed by atoms with E-state index in [0.717, 1.165) is 30.8 Å². The van der Waals surface area contributed by atoms with Crippen LogP contribution in [0.5, 0.6) is 5.75 Å². The van der Waals surface area contributed by atoms with Crippen LogP contribution in [0.4, 0.5) is 0 Å². The zero-order valence-electron chi connectivity index (χ0n) is 14.8. The molecule has 1 amide bonds. The van der Waals surface area contributed by atoms with Crippen LogP contribution in [-0.4, -0.2) is 37.0 Å². The minimum Gasteiger partial charge on any atom is -0.493 e. The standard InChI is InChI=1S/C19H30N2O2/c1-14(2)13-23-17-7-5-16(6-8-17)19(3,4)18(22)21-10-9-15(11-20)12-21/h5-8,14-15H,9-13,20H2,1-4H3. The zero-order chi connectivity index (χ0) is 17.0. The largest absolute Gasteiger partial charge is 0.493 e. The average molecular weight is 318 g/mol. The summed E-state index contributed by atoms with van der Waals surface area (Å²) < 4.78 is 5.71. The van der Waals surface area contributed by atoms with Crippen molar-refractivity contribution < 1.29 is 9.53 Å². The molecular formula is C19H30N2O2. The van der Waals surface area contributed by atoms with Crippen molar-refractivity contribution >= 4 is 5.91 Å². The first kappa shape index (κ1) is 17.8. The quantitative estimate of drug-likeness (QED) is 0.877. The number of nitrogens with two attached hydrogens (primary N) is 1. The molecule has 1 heterocycles. The van der Waals surface area contributed by atoms with Crippen LogP contribution in [0.15, 0.2) is 24.3 Å². The first-order chi connectivity index (χ1) is 10.8. The van der Waals surface area contributed by atoms with E-state index in [1.165, 1.54) is 0 Å². The highest BCUT2D eigenvalue weighted by Gasteiger charge is 2.36. The predicted molar refractivity (Wildman–Crippen MR) is 93.5 cm³/mol. The molecule has 128 valence electrons. The molecule has 4 heteroatoms. The molecule has 1 atom stereocenters. The van der Waals surface area contributed by atoms with Crippen molar-refractivity contribution in [3.63, 3.8) is 0 Å². The maximum atomic E-state index is 12.9. The molecule has 0 aliphatic carbocycles. The summed E-state index contributed by atoms with van der Waals surface area (Å²) in [5.74, 6) is 1.99. The first-order valence-electron chi connectivity index (χ1n) is 8.57. The van der Waals surface area contributed by atoms with Gasteiger partial charge in [0.2, 0.25) is 5.91 Å². The normalized spacial score (nSPS) is 18.5. The van der Waals surface area contributed by atoms with Crippen molar-refractivity contribution in [2.45, 2.75) is 39.5 Å². The number of carbonyl (C=O) groups is 1. The Morgan fingerprint density at radius 2 is 2.00 bits per heavy atom. The molecule has 1 aliphatic heterocycles. The number of carbonyl (C=O) groups excluding carboxylic acids is 1. The molecule has 1 saturated heterocycles. The Morgan fingerprint density at radius 3 is 2.52 bits per heavy atom. The van der Waals surface area contributed by atoms with Crippen LogP contribution in [0.1, 0.15) is 39.7 Å². The smallest absolute Gasteiger partial charge is 0.232 e. The minimum absolute atomic E-state index is 0.185. The number of likely N-dealkylation sites (tertiary alicyclic amines) is 1. The van der Waals surface area contributed by atoms with E-state index in [2.05, 4.69) is 13.8 Å². The summed E-state index contributed by atoms with van der Waals surface area (Å²) >= 11 is 0. The van der Waals surface area contributed by atoms with Gasteiger partial charge in [0.25, 0.3) is 0 Å². The van der Waals surface area contributed by atoms with Gasteiger partial charge in [-0.1, -0.05) is 26.0 Å². The summed E-state index contributed by atoms with van der Waals surface area (Å²) in [6.07, 6.45) is 1.01. The molecule has 1 aliphatic rings. The van der Waals surface area contributed by atoms with Gasteiger partial charge in [-0.05, 0) is 56.3 Å². The summed E-state index contributed by atoms with van der Waals surface area (Å²) in [6.45, 7) is 11.2. The molecule has 1 aromatic rings. The number of benzene rings is 1. The Morgan fingerprint density at radius 1 is 1.35 bits per heavy atom. The Balaban J connectivity index is 2.05. The van der Waals surface area contributed by atoms with Gasteiger partial charge < -0.3 is 15.4 Å². The second-order valence-corrected chi connectivity index (χ2v) is 7.50. The molecule has 2 N–H and O–H groups in total. The molecular weight excluding hydrogens is 288 g/mol. The lowest BCUT2D eigenvalue weighted by atomic mass is 9.83. The summed E-state index contributed by atoms with van der Waals surface area (Å²) in [5.41, 5.74) is 6.23. The third-order valence-corrected chi connectivity index (χ3v) is 4.60. The number of hydrogen-bond donors (Lipinski definition) is 1. The van der Waals surface area contributed by atoms with Crippen molar-refractivity contribution in [3.05, 3.63) is 29.8 Å². The summed E-state index contributed by atoms with van der Waals surface area (Å²) in [7, 11) is 0. The van der Waals surface area contributed by atoms with Crippen LogP contribution < -0.4 is 10.5 Å². The Bertz CT molecular complexity index is 523. The van der Waals surface area contributed by atoms with E-state index in [0.29, 0.717) is 25.0 Å². The van der Waals surface area contributed by atoms with Crippen molar-refractivity contribution in [2.75, 3.05) is 26.2 Å². The van der Waals surface area contributed by atoms with Crippen LogP contribution in [0, 0.1) is 11.8 Å². The number of rotatable bonds is 6. The van der Waals surface area contributed by atoms with E-state index in [1.54, 1.807) is 0 Å². The lowest BCUT2D eigenvalue weighted by Crippen LogP contribution is -2.42. The van der Waals surface area contributed by atoms with Gasteiger partial charge in [-0.25, -0.2) is 0 Å². The summed E-state index contributed by atoms with van der Waals surface area (Å²) in [5, 5.41) is 0. The first-order valence-corrected chi connectivity index (χ1v) is 8.57. The molecule has 1 unspecified atom stereocenters. The van der Waals surface area contributed by atoms with Crippen molar-refractivity contribution in [3.8, 4) is 5.75 Å². The number of hydrogen-bond acceptors (Lipinski definition) is 3. The van der Waals surface area contributed by atoms with Gasteiger partial charge in [-0.3, -0.25) is 4.79 Å². The fourth-order valence-corrected chi connectivity index (χ4v) is 2.96. The maximum Gasteiger partial charge on any atom is 0.232 e. The van der Waals surface area contributed by atoms with Gasteiger partial charge in [0.1, 0.15) is 5.75 Å². The predicted octanol–water partition coefficient (Wildman–Crippen LogP) is 2.81. The molecule has 0 bridgehead atoms. The second-order valence-electron chi connectivity index (χ2n) is 7.50. The second kappa shape index (κ2) is 7.35. The van der Waals surface area contributed by atoms with Crippen LogP contribution >= 0.6 is 0 Å². The third kappa shape index (κ3) is 4.25. The molecule has 23 heavy (non-hydrogen) atoms. The molecule has 4 nitrogen and oxygen atoms in total. The molecule has 0 radical (unpaired) electrons. The van der Waals surface area contributed by atoms with E-state index in [-0.39, 0.29) is 5.91 Å². The van der Waals surface area contributed by atoms with E-state index < -0.39 is 5.41 Å². The number of amides is 1. The fourth-order valence-electron chi connectivity index (χ4n) is 2.96. The number of nitrogens with zero attached hydrogens (tertiary/aromatic N) is 1. The van der Waals surface area contributed by atoms with Crippen LogP contribution in [0.2, 0.25) is 0 Å². The molecule has 0 saturated carbocycles. The molecule has 0 aromatic heterocycles. The third-order valence-electron chi connectivity index (χ3n) is 4.60. The molecule has 2 rings (SSSR count). The lowest BCUT2D eigenvalue weighted by Gasteiger charge is -2.30.